The summed E-state index contributed by atoms with van der Waals surface area (Å²) < 4.78 is 11.8. The second-order valence-corrected chi connectivity index (χ2v) is 7.34. The maximum atomic E-state index is 12.2. The van der Waals surface area contributed by atoms with Crippen LogP contribution in [0.3, 0.4) is 0 Å². The first-order valence-corrected chi connectivity index (χ1v) is 9.54. The van der Waals surface area contributed by atoms with Gasteiger partial charge in [-0.05, 0) is 50.1 Å². The predicted octanol–water partition coefficient (Wildman–Crippen LogP) is 5.95. The van der Waals surface area contributed by atoms with Gasteiger partial charge in [-0.25, -0.2) is 0 Å². The van der Waals surface area contributed by atoms with Crippen molar-refractivity contribution in [1.29, 1.82) is 0 Å². The Morgan fingerprint density at radius 3 is 2.54 bits per heavy atom. The van der Waals surface area contributed by atoms with E-state index in [1.165, 1.54) is 0 Å². The van der Waals surface area contributed by atoms with Crippen molar-refractivity contribution >= 4 is 34.1 Å². The van der Waals surface area contributed by atoms with Crippen molar-refractivity contribution in [3.63, 3.8) is 0 Å². The number of rotatable bonds is 5. The number of carbonyl (C=O) groups is 1. The van der Waals surface area contributed by atoms with E-state index in [1.54, 1.807) is 31.3 Å². The SMILES string of the molecule is CCOc1c(/C(C)=C/C(=O)N(C)C)cc2c(-c3ccc(Cl)cc3)coc2c1C. The third-order valence-corrected chi connectivity index (χ3v) is 4.95. The topological polar surface area (TPSA) is 42.7 Å². The predicted molar refractivity (Wildman–Crippen MR) is 115 cm³/mol. The summed E-state index contributed by atoms with van der Waals surface area (Å²) in [7, 11) is 3.47. The molecule has 1 aromatic heterocycles. The fourth-order valence-corrected chi connectivity index (χ4v) is 3.31. The molecule has 1 amide bonds. The average Bonchev–Trinajstić information content (AvgIpc) is 3.08. The molecule has 2 aromatic carbocycles. The first-order valence-electron chi connectivity index (χ1n) is 9.17. The number of hydrogen-bond acceptors (Lipinski definition) is 3. The van der Waals surface area contributed by atoms with Gasteiger partial charge in [-0.2, -0.15) is 0 Å². The molecule has 0 saturated heterocycles. The van der Waals surface area contributed by atoms with Crippen LogP contribution >= 0.6 is 11.6 Å². The molecule has 0 bridgehead atoms. The van der Waals surface area contributed by atoms with E-state index in [2.05, 4.69) is 0 Å². The standard InChI is InChI=1S/C23H24ClNO3/c1-6-27-22-15(3)23-19(12-18(22)14(2)11-21(26)25(4)5)20(13-28-23)16-7-9-17(24)10-8-16/h7-13H,6H2,1-5H3/b14-11+. The molecule has 28 heavy (non-hydrogen) atoms. The molecule has 0 radical (unpaired) electrons. The van der Waals surface area contributed by atoms with Crippen molar-refractivity contribution in [3.05, 3.63) is 58.8 Å². The number of amides is 1. The van der Waals surface area contributed by atoms with Gasteiger partial charge in [-0.15, -0.1) is 0 Å². The number of hydrogen-bond donors (Lipinski definition) is 0. The lowest BCUT2D eigenvalue weighted by molar-refractivity contribution is -0.123. The quantitative estimate of drug-likeness (QED) is 0.499. The molecule has 3 aromatic rings. The Morgan fingerprint density at radius 2 is 1.93 bits per heavy atom. The minimum Gasteiger partial charge on any atom is -0.493 e. The highest BCUT2D eigenvalue weighted by Crippen LogP contribution is 2.40. The molecule has 0 unspecified atom stereocenters. The minimum absolute atomic E-state index is 0.0668. The maximum Gasteiger partial charge on any atom is 0.246 e. The Labute approximate surface area is 170 Å². The highest BCUT2D eigenvalue weighted by Gasteiger charge is 2.19. The largest absolute Gasteiger partial charge is 0.493 e. The van der Waals surface area contributed by atoms with Crippen molar-refractivity contribution in [2.45, 2.75) is 20.8 Å². The van der Waals surface area contributed by atoms with Gasteiger partial charge < -0.3 is 14.1 Å². The van der Waals surface area contributed by atoms with Crippen molar-refractivity contribution in [2.75, 3.05) is 20.7 Å². The number of allylic oxidation sites excluding steroid dienone is 1. The van der Waals surface area contributed by atoms with E-state index in [-0.39, 0.29) is 5.91 Å². The Morgan fingerprint density at radius 1 is 1.25 bits per heavy atom. The molecule has 0 fully saturated rings. The Hall–Kier alpha value is -2.72. The van der Waals surface area contributed by atoms with Gasteiger partial charge in [0.1, 0.15) is 11.3 Å². The second-order valence-electron chi connectivity index (χ2n) is 6.90. The highest BCUT2D eigenvalue weighted by molar-refractivity contribution is 6.30. The van der Waals surface area contributed by atoms with Gasteiger partial charge in [0, 0.05) is 47.3 Å². The van der Waals surface area contributed by atoms with E-state index in [0.717, 1.165) is 44.5 Å². The number of halogens is 1. The fourth-order valence-electron chi connectivity index (χ4n) is 3.18. The summed E-state index contributed by atoms with van der Waals surface area (Å²) in [6.07, 6.45) is 3.38. The first kappa shape index (κ1) is 20.0. The maximum absolute atomic E-state index is 12.2. The Balaban J connectivity index is 2.24. The molecular formula is C23H24ClNO3. The summed E-state index contributed by atoms with van der Waals surface area (Å²) >= 11 is 6.03. The molecule has 0 N–H and O–H groups in total. The van der Waals surface area contributed by atoms with Crippen LogP contribution < -0.4 is 4.74 Å². The molecule has 0 aliphatic rings. The third-order valence-electron chi connectivity index (χ3n) is 4.69. The van der Waals surface area contributed by atoms with Crippen LogP contribution in [-0.2, 0) is 4.79 Å². The summed E-state index contributed by atoms with van der Waals surface area (Å²) in [5.41, 5.74) is 5.42. The molecule has 3 rings (SSSR count). The van der Waals surface area contributed by atoms with Crippen LogP contribution in [0.25, 0.3) is 27.7 Å². The van der Waals surface area contributed by atoms with Crippen molar-refractivity contribution in [3.8, 4) is 16.9 Å². The van der Waals surface area contributed by atoms with Crippen molar-refractivity contribution in [1.82, 2.24) is 4.90 Å². The van der Waals surface area contributed by atoms with E-state index in [0.29, 0.717) is 11.6 Å². The lowest BCUT2D eigenvalue weighted by Gasteiger charge is -2.15. The molecule has 0 spiro atoms. The van der Waals surface area contributed by atoms with Gasteiger partial charge in [0.2, 0.25) is 5.91 Å². The summed E-state index contributed by atoms with van der Waals surface area (Å²) in [6.45, 7) is 6.37. The summed E-state index contributed by atoms with van der Waals surface area (Å²) in [4.78, 5) is 13.7. The number of ether oxygens (including phenoxy) is 1. The molecule has 5 heteroatoms. The van der Waals surface area contributed by atoms with Crippen molar-refractivity contribution < 1.29 is 13.9 Å². The third kappa shape index (κ3) is 3.78. The summed E-state index contributed by atoms with van der Waals surface area (Å²) in [6, 6.07) is 9.69. The van der Waals surface area contributed by atoms with E-state index >= 15 is 0 Å². The highest BCUT2D eigenvalue weighted by atomic mass is 35.5. The lowest BCUT2D eigenvalue weighted by atomic mass is 9.96. The van der Waals surface area contributed by atoms with Gasteiger partial charge in [-0.3, -0.25) is 4.79 Å². The molecular weight excluding hydrogens is 374 g/mol. The van der Waals surface area contributed by atoms with Crippen LogP contribution in [0.5, 0.6) is 5.75 Å². The lowest BCUT2D eigenvalue weighted by Crippen LogP contribution is -2.19. The number of likely N-dealkylation sites (N-methyl/N-ethyl adjacent to an activating group) is 1. The molecule has 0 aliphatic carbocycles. The number of aryl methyl sites for hydroxylation is 1. The number of carbonyl (C=O) groups excluding carboxylic acids is 1. The molecule has 0 atom stereocenters. The van der Waals surface area contributed by atoms with Crippen molar-refractivity contribution in [2.24, 2.45) is 0 Å². The zero-order valence-electron chi connectivity index (χ0n) is 16.8. The fraction of sp³-hybridized carbons (Fsp3) is 0.261. The van der Waals surface area contributed by atoms with Crippen LogP contribution in [0.2, 0.25) is 5.02 Å². The van der Waals surface area contributed by atoms with Crippen LogP contribution in [-0.4, -0.2) is 31.5 Å². The molecule has 0 saturated carbocycles. The molecule has 4 nitrogen and oxygen atoms in total. The molecule has 146 valence electrons. The van der Waals surface area contributed by atoms with Gasteiger partial charge >= 0.3 is 0 Å². The van der Waals surface area contributed by atoms with Gasteiger partial charge in [0.05, 0.1) is 12.9 Å². The zero-order valence-corrected chi connectivity index (χ0v) is 17.6. The number of nitrogens with zero attached hydrogens (tertiary/aromatic N) is 1. The van der Waals surface area contributed by atoms with Gasteiger partial charge in [0.25, 0.3) is 0 Å². The molecule has 0 aliphatic heterocycles. The van der Waals surface area contributed by atoms with E-state index in [1.807, 2.05) is 51.1 Å². The van der Waals surface area contributed by atoms with E-state index in [9.17, 15) is 4.79 Å². The van der Waals surface area contributed by atoms with Crippen LogP contribution in [0.15, 0.2) is 47.1 Å². The Kier molecular flexibility index (Phi) is 5.80. The van der Waals surface area contributed by atoms with E-state index in [4.69, 9.17) is 20.8 Å². The molecule has 1 heterocycles. The van der Waals surface area contributed by atoms with Crippen LogP contribution in [0.1, 0.15) is 25.0 Å². The van der Waals surface area contributed by atoms with Crippen LogP contribution in [0.4, 0.5) is 0 Å². The summed E-state index contributed by atoms with van der Waals surface area (Å²) in [5.74, 6) is 0.676. The normalized spacial score (nSPS) is 11.7. The second kappa shape index (κ2) is 8.11. The monoisotopic (exact) mass is 397 g/mol. The number of furan rings is 1. The number of fused-ring (bicyclic) bond motifs is 1. The van der Waals surface area contributed by atoms with Gasteiger partial charge in [0.15, 0.2) is 0 Å². The average molecular weight is 398 g/mol. The van der Waals surface area contributed by atoms with Gasteiger partial charge in [-0.1, -0.05) is 23.7 Å². The number of benzene rings is 2. The summed E-state index contributed by atoms with van der Waals surface area (Å²) in [5, 5.41) is 1.66. The zero-order chi connectivity index (χ0) is 20.4. The minimum atomic E-state index is -0.0668. The van der Waals surface area contributed by atoms with E-state index < -0.39 is 0 Å². The Bertz CT molecular complexity index is 1050. The first-order chi connectivity index (χ1) is 13.3. The smallest absolute Gasteiger partial charge is 0.246 e. The van der Waals surface area contributed by atoms with Crippen LogP contribution in [0, 0.1) is 6.92 Å².